The number of unbranched alkanes of at least 4 members (excludes halogenated alkanes) is 12. The molecule has 0 N–H and O–H groups in total. The van der Waals surface area contributed by atoms with E-state index >= 15 is 0 Å². The summed E-state index contributed by atoms with van der Waals surface area (Å²) in [4.78, 5) is 37.8. The van der Waals surface area contributed by atoms with Gasteiger partial charge in [-0.2, -0.15) is 0 Å². The minimum Gasteiger partial charge on any atom is -0.462 e. The molecule has 0 aliphatic carbocycles. The molecule has 340 valence electrons. The van der Waals surface area contributed by atoms with Crippen molar-refractivity contribution in [2.45, 2.75) is 181 Å². The van der Waals surface area contributed by atoms with Gasteiger partial charge in [0.1, 0.15) is 13.2 Å². The molecule has 1 atom stereocenters. The van der Waals surface area contributed by atoms with Crippen molar-refractivity contribution in [3.63, 3.8) is 0 Å². The summed E-state index contributed by atoms with van der Waals surface area (Å²) < 4.78 is 16.6. The molecule has 0 saturated heterocycles. The van der Waals surface area contributed by atoms with Gasteiger partial charge in [-0.3, -0.25) is 14.4 Å². The van der Waals surface area contributed by atoms with E-state index in [-0.39, 0.29) is 44.0 Å². The van der Waals surface area contributed by atoms with Gasteiger partial charge in [0.25, 0.3) is 0 Å². The fraction of sp³-hybridized carbons (Fsp3) is 0.545. The second-order valence-corrected chi connectivity index (χ2v) is 15.1. The molecule has 0 bridgehead atoms. The zero-order chi connectivity index (χ0) is 44.4. The molecule has 0 aliphatic heterocycles. The predicted molar refractivity (Wildman–Crippen MR) is 260 cm³/mol. The van der Waals surface area contributed by atoms with Gasteiger partial charge in [0, 0.05) is 19.3 Å². The number of ether oxygens (including phenoxy) is 3. The van der Waals surface area contributed by atoms with Gasteiger partial charge in [-0.25, -0.2) is 0 Å². The first kappa shape index (κ1) is 56.5. The molecule has 0 aromatic carbocycles. The molecule has 0 aromatic heterocycles. The van der Waals surface area contributed by atoms with Crippen LogP contribution in [0.15, 0.2) is 134 Å². The Morgan fingerprint density at radius 3 is 1.25 bits per heavy atom. The standard InChI is InChI=1S/C55H84O6/c1-4-7-10-13-16-19-22-24-26-27-29-30-33-36-39-42-45-48-54(57)60-51-52(50-59-53(56)47-44-41-38-35-32-21-18-15-12-9-6-3)61-55(58)49-46-43-40-37-34-31-28-25-23-20-17-14-11-8-5-2/h8,11,14-21,23-26,28-32,34,36,39,52H,4-7,9-10,12-13,22,27,33,35,37-38,40-51H2,1-3H3/b11-8-,17-14-,18-15-,19-16-,23-20-,26-24-,28-25-,30-29-,32-21-,34-31-,39-36-. The Kier molecular flexibility index (Phi) is 44.7. The lowest BCUT2D eigenvalue weighted by atomic mass is 10.1. The zero-order valence-electron chi connectivity index (χ0n) is 38.6. The molecule has 61 heavy (non-hydrogen) atoms. The van der Waals surface area contributed by atoms with Crippen molar-refractivity contribution in [3.05, 3.63) is 134 Å². The topological polar surface area (TPSA) is 78.9 Å². The Morgan fingerprint density at radius 2 is 0.738 bits per heavy atom. The van der Waals surface area contributed by atoms with E-state index in [1.54, 1.807) is 0 Å². The van der Waals surface area contributed by atoms with Gasteiger partial charge in [0.05, 0.1) is 0 Å². The molecule has 0 rings (SSSR count). The van der Waals surface area contributed by atoms with E-state index in [0.29, 0.717) is 19.3 Å². The number of allylic oxidation sites excluding steroid dienone is 22. The number of rotatable bonds is 40. The maximum atomic E-state index is 12.7. The van der Waals surface area contributed by atoms with E-state index in [2.05, 4.69) is 106 Å². The molecule has 0 radical (unpaired) electrons. The second kappa shape index (κ2) is 48.2. The summed E-state index contributed by atoms with van der Waals surface area (Å²) in [5.41, 5.74) is 0. The van der Waals surface area contributed by atoms with E-state index in [1.165, 1.54) is 38.5 Å². The number of carbonyl (C=O) groups is 3. The quantitative estimate of drug-likeness (QED) is 0.0201. The molecule has 0 amide bonds. The fourth-order valence-electron chi connectivity index (χ4n) is 5.66. The number of esters is 3. The van der Waals surface area contributed by atoms with Crippen LogP contribution in [0.5, 0.6) is 0 Å². The lowest BCUT2D eigenvalue weighted by molar-refractivity contribution is -0.167. The normalized spacial score (nSPS) is 13.3. The van der Waals surface area contributed by atoms with Crippen LogP contribution in [-0.4, -0.2) is 37.2 Å². The molecular formula is C55H84O6. The van der Waals surface area contributed by atoms with Gasteiger partial charge in [0.2, 0.25) is 0 Å². The first-order valence-corrected chi connectivity index (χ1v) is 23.8. The summed E-state index contributed by atoms with van der Waals surface area (Å²) in [7, 11) is 0. The highest BCUT2D eigenvalue weighted by Gasteiger charge is 2.19. The van der Waals surface area contributed by atoms with Gasteiger partial charge in [-0.1, -0.05) is 193 Å². The highest BCUT2D eigenvalue weighted by Crippen LogP contribution is 2.10. The van der Waals surface area contributed by atoms with Crippen molar-refractivity contribution in [3.8, 4) is 0 Å². The third-order valence-corrected chi connectivity index (χ3v) is 9.26. The lowest BCUT2D eigenvalue weighted by Gasteiger charge is -2.18. The molecule has 1 unspecified atom stereocenters. The summed E-state index contributed by atoms with van der Waals surface area (Å²) in [6.45, 7) is 6.26. The van der Waals surface area contributed by atoms with Crippen molar-refractivity contribution in [1.82, 2.24) is 0 Å². The van der Waals surface area contributed by atoms with Crippen LogP contribution in [0.2, 0.25) is 0 Å². The Labute approximate surface area is 373 Å². The maximum absolute atomic E-state index is 12.7. The highest BCUT2D eigenvalue weighted by molar-refractivity contribution is 5.71. The molecular weight excluding hydrogens is 757 g/mol. The molecule has 0 aliphatic rings. The Morgan fingerprint density at radius 1 is 0.361 bits per heavy atom. The van der Waals surface area contributed by atoms with Crippen LogP contribution in [0.25, 0.3) is 0 Å². The number of hydrogen-bond donors (Lipinski definition) is 0. The molecule has 6 heteroatoms. The van der Waals surface area contributed by atoms with E-state index in [0.717, 1.165) is 83.5 Å². The zero-order valence-corrected chi connectivity index (χ0v) is 38.6. The molecule has 0 saturated carbocycles. The van der Waals surface area contributed by atoms with Gasteiger partial charge in [-0.05, 0) is 96.3 Å². The maximum Gasteiger partial charge on any atom is 0.306 e. The third kappa shape index (κ3) is 46.5. The van der Waals surface area contributed by atoms with Crippen molar-refractivity contribution < 1.29 is 28.6 Å². The van der Waals surface area contributed by atoms with Crippen LogP contribution in [0, 0.1) is 0 Å². The van der Waals surface area contributed by atoms with E-state index in [1.807, 2.05) is 48.6 Å². The number of hydrogen-bond acceptors (Lipinski definition) is 6. The van der Waals surface area contributed by atoms with E-state index < -0.39 is 6.10 Å². The van der Waals surface area contributed by atoms with Crippen molar-refractivity contribution in [2.24, 2.45) is 0 Å². The Balaban J connectivity index is 4.62. The molecule has 6 nitrogen and oxygen atoms in total. The largest absolute Gasteiger partial charge is 0.462 e. The monoisotopic (exact) mass is 841 g/mol. The van der Waals surface area contributed by atoms with Crippen molar-refractivity contribution in [2.75, 3.05) is 13.2 Å². The SMILES string of the molecule is CC\C=C/C=C\C=C/C=C\C=C/CCCCCC(=O)OC(COC(=O)CCC/C=C\C/C=C\C/C=C\C/C=C\CCCCC)COC(=O)CCCCC/C=C\C=C/CCCC. The number of carbonyl (C=O) groups excluding carboxylic acids is 3. The summed E-state index contributed by atoms with van der Waals surface area (Å²) in [6, 6.07) is 0. The predicted octanol–water partition coefficient (Wildman–Crippen LogP) is 15.5. The van der Waals surface area contributed by atoms with Crippen LogP contribution in [0.3, 0.4) is 0 Å². The second-order valence-electron chi connectivity index (χ2n) is 15.1. The summed E-state index contributed by atoms with van der Waals surface area (Å²) in [5.74, 6) is -1.07. The molecule has 0 aromatic rings. The first-order chi connectivity index (χ1) is 30.0. The fourth-order valence-corrected chi connectivity index (χ4v) is 5.66. The van der Waals surface area contributed by atoms with E-state index in [9.17, 15) is 14.4 Å². The van der Waals surface area contributed by atoms with Crippen LogP contribution >= 0.6 is 0 Å². The van der Waals surface area contributed by atoms with Crippen LogP contribution in [0.4, 0.5) is 0 Å². The molecule has 0 spiro atoms. The molecule has 0 fully saturated rings. The van der Waals surface area contributed by atoms with Crippen molar-refractivity contribution >= 4 is 17.9 Å². The van der Waals surface area contributed by atoms with Crippen LogP contribution in [0.1, 0.15) is 175 Å². The molecule has 0 heterocycles. The van der Waals surface area contributed by atoms with Crippen LogP contribution < -0.4 is 0 Å². The minimum absolute atomic E-state index is 0.132. The van der Waals surface area contributed by atoms with Gasteiger partial charge < -0.3 is 14.2 Å². The van der Waals surface area contributed by atoms with Crippen LogP contribution in [-0.2, 0) is 28.6 Å². The summed E-state index contributed by atoms with van der Waals surface area (Å²) >= 11 is 0. The van der Waals surface area contributed by atoms with Gasteiger partial charge in [0.15, 0.2) is 6.10 Å². The highest BCUT2D eigenvalue weighted by atomic mass is 16.6. The Hall–Kier alpha value is -4.45. The average molecular weight is 841 g/mol. The third-order valence-electron chi connectivity index (χ3n) is 9.26. The lowest BCUT2D eigenvalue weighted by Crippen LogP contribution is -2.30. The van der Waals surface area contributed by atoms with Crippen molar-refractivity contribution in [1.29, 1.82) is 0 Å². The summed E-state index contributed by atoms with van der Waals surface area (Å²) in [5, 5.41) is 0. The van der Waals surface area contributed by atoms with E-state index in [4.69, 9.17) is 14.2 Å². The van der Waals surface area contributed by atoms with Gasteiger partial charge >= 0.3 is 17.9 Å². The summed E-state index contributed by atoms with van der Waals surface area (Å²) in [6.07, 6.45) is 67.2. The first-order valence-electron chi connectivity index (χ1n) is 23.8. The average Bonchev–Trinajstić information content (AvgIpc) is 3.26. The minimum atomic E-state index is -0.837. The van der Waals surface area contributed by atoms with Gasteiger partial charge in [-0.15, -0.1) is 0 Å². The smallest absolute Gasteiger partial charge is 0.306 e. The Bertz CT molecular complexity index is 1380.